The first-order valence-corrected chi connectivity index (χ1v) is 4.71. The van der Waals surface area contributed by atoms with Gasteiger partial charge in [0.25, 0.3) is 0 Å². The van der Waals surface area contributed by atoms with Crippen LogP contribution in [-0.2, 0) is 13.1 Å². The molecule has 0 amide bonds. The number of aliphatic hydroxyl groups is 1. The fourth-order valence-electron chi connectivity index (χ4n) is 1.24. The molecule has 0 spiro atoms. The van der Waals surface area contributed by atoms with E-state index in [4.69, 9.17) is 10.8 Å². The number of hydrogen-bond donors (Lipinski definition) is 2. The van der Waals surface area contributed by atoms with E-state index in [2.05, 4.69) is 11.5 Å². The number of nitrogens with two attached hydrogens (primary N) is 1. The molecule has 1 rings (SSSR count). The molecule has 74 valence electrons. The molecule has 3 N–H and O–H groups in total. The normalized spacial score (nSPS) is 13.2. The summed E-state index contributed by atoms with van der Waals surface area (Å²) in [5.74, 6) is 0. The maximum absolute atomic E-state index is 8.94. The Morgan fingerprint density at radius 2 is 2.38 bits per heavy atom. The van der Waals surface area contributed by atoms with Crippen LogP contribution < -0.4 is 10.3 Å². The Balaban J connectivity index is 2.44. The van der Waals surface area contributed by atoms with Gasteiger partial charge >= 0.3 is 0 Å². The molecular weight excluding hydrogens is 166 g/mol. The SMILES string of the molecule is CCCCn1cc[n+](CC(N)O)c1. The van der Waals surface area contributed by atoms with Gasteiger partial charge in [-0.3, -0.25) is 0 Å². The molecule has 0 radical (unpaired) electrons. The number of aromatic nitrogens is 2. The largest absolute Gasteiger partial charge is 0.375 e. The first kappa shape index (κ1) is 10.2. The molecule has 1 unspecified atom stereocenters. The molecule has 0 bridgehead atoms. The predicted octanol–water partition coefficient (Wildman–Crippen LogP) is -0.147. The molecule has 0 aliphatic rings. The number of aryl methyl sites for hydroxylation is 1. The lowest BCUT2D eigenvalue weighted by molar-refractivity contribution is -0.703. The Morgan fingerprint density at radius 3 is 3.00 bits per heavy atom. The van der Waals surface area contributed by atoms with Crippen molar-refractivity contribution in [2.45, 2.75) is 39.1 Å². The fourth-order valence-corrected chi connectivity index (χ4v) is 1.24. The first-order valence-electron chi connectivity index (χ1n) is 4.71. The third kappa shape index (κ3) is 3.57. The zero-order valence-corrected chi connectivity index (χ0v) is 8.06. The van der Waals surface area contributed by atoms with Crippen molar-refractivity contribution in [1.29, 1.82) is 0 Å². The highest BCUT2D eigenvalue weighted by Crippen LogP contribution is 1.92. The summed E-state index contributed by atoms with van der Waals surface area (Å²) in [7, 11) is 0. The monoisotopic (exact) mass is 184 g/mol. The molecule has 4 heteroatoms. The minimum Gasteiger partial charge on any atom is -0.375 e. The summed E-state index contributed by atoms with van der Waals surface area (Å²) in [6.45, 7) is 3.66. The summed E-state index contributed by atoms with van der Waals surface area (Å²) in [6.07, 6.45) is 7.49. The van der Waals surface area contributed by atoms with Crippen LogP contribution in [0.3, 0.4) is 0 Å². The van der Waals surface area contributed by atoms with Gasteiger partial charge in [-0.2, -0.15) is 0 Å². The average Bonchev–Trinajstić information content (AvgIpc) is 2.48. The second-order valence-corrected chi connectivity index (χ2v) is 3.27. The molecule has 0 aliphatic carbocycles. The third-order valence-electron chi connectivity index (χ3n) is 1.91. The number of nitrogens with zero attached hydrogens (tertiary/aromatic N) is 2. The standard InChI is InChI=1S/C9H18N3O/c1-2-3-4-11-5-6-12(8-11)7-9(10)13/h5-6,8-9,13H,2-4,7,10H2,1H3/q+1. The molecular formula is C9H18N3O+. The van der Waals surface area contributed by atoms with E-state index >= 15 is 0 Å². The number of hydrogen-bond acceptors (Lipinski definition) is 2. The molecule has 0 aromatic carbocycles. The van der Waals surface area contributed by atoms with Crippen LogP contribution in [-0.4, -0.2) is 15.9 Å². The molecule has 0 fully saturated rings. The number of rotatable bonds is 5. The fraction of sp³-hybridized carbons (Fsp3) is 0.667. The van der Waals surface area contributed by atoms with E-state index in [1.807, 2.05) is 23.3 Å². The van der Waals surface area contributed by atoms with Crippen LogP contribution in [0, 0.1) is 0 Å². The average molecular weight is 184 g/mol. The summed E-state index contributed by atoms with van der Waals surface area (Å²) < 4.78 is 3.99. The molecule has 1 atom stereocenters. The topological polar surface area (TPSA) is 55.1 Å². The van der Waals surface area contributed by atoms with Gasteiger partial charge in [-0.1, -0.05) is 13.3 Å². The molecule has 1 heterocycles. The summed E-state index contributed by atoms with van der Waals surface area (Å²) in [5, 5.41) is 8.94. The van der Waals surface area contributed by atoms with Crippen LogP contribution >= 0.6 is 0 Å². The second-order valence-electron chi connectivity index (χ2n) is 3.27. The van der Waals surface area contributed by atoms with Gasteiger partial charge in [0.2, 0.25) is 6.33 Å². The third-order valence-corrected chi connectivity index (χ3v) is 1.91. The van der Waals surface area contributed by atoms with E-state index in [-0.39, 0.29) is 0 Å². The van der Waals surface area contributed by atoms with Crippen LogP contribution in [0.5, 0.6) is 0 Å². The van der Waals surface area contributed by atoms with E-state index in [1.165, 1.54) is 12.8 Å². The lowest BCUT2D eigenvalue weighted by atomic mass is 10.3. The summed E-state index contributed by atoms with van der Waals surface area (Å²) >= 11 is 0. The molecule has 13 heavy (non-hydrogen) atoms. The Bertz CT molecular complexity index is 245. The molecule has 0 aliphatic heterocycles. The smallest absolute Gasteiger partial charge is 0.243 e. The van der Waals surface area contributed by atoms with Gasteiger partial charge in [-0.25, -0.2) is 9.13 Å². The van der Waals surface area contributed by atoms with Crippen molar-refractivity contribution in [3.05, 3.63) is 18.7 Å². The van der Waals surface area contributed by atoms with Crippen LogP contribution in [0.4, 0.5) is 0 Å². The number of aliphatic hydroxyl groups excluding tert-OH is 1. The van der Waals surface area contributed by atoms with E-state index in [0.29, 0.717) is 6.54 Å². The van der Waals surface area contributed by atoms with Gasteiger partial charge in [0.1, 0.15) is 25.2 Å². The summed E-state index contributed by atoms with van der Waals surface area (Å²) in [5.41, 5.74) is 5.26. The minimum absolute atomic E-state index is 0.457. The Hall–Kier alpha value is -0.870. The van der Waals surface area contributed by atoms with Gasteiger partial charge in [-0.05, 0) is 6.42 Å². The Kier molecular flexibility index (Phi) is 3.92. The van der Waals surface area contributed by atoms with E-state index < -0.39 is 6.23 Å². The summed E-state index contributed by atoms with van der Waals surface area (Å²) in [6, 6.07) is 0. The lowest BCUT2D eigenvalue weighted by Crippen LogP contribution is -2.41. The van der Waals surface area contributed by atoms with E-state index in [9.17, 15) is 0 Å². The van der Waals surface area contributed by atoms with E-state index in [0.717, 1.165) is 6.54 Å². The Morgan fingerprint density at radius 1 is 1.62 bits per heavy atom. The van der Waals surface area contributed by atoms with Gasteiger partial charge in [0.05, 0.1) is 6.54 Å². The number of unbranched alkanes of at least 4 members (excludes halogenated alkanes) is 1. The Labute approximate surface area is 78.6 Å². The maximum atomic E-state index is 8.94. The van der Waals surface area contributed by atoms with Gasteiger partial charge in [0.15, 0.2) is 0 Å². The zero-order valence-electron chi connectivity index (χ0n) is 8.06. The highest BCUT2D eigenvalue weighted by molar-refractivity contribution is 4.65. The minimum atomic E-state index is -0.771. The molecule has 1 aromatic rings. The maximum Gasteiger partial charge on any atom is 0.243 e. The highest BCUT2D eigenvalue weighted by Gasteiger charge is 2.05. The van der Waals surface area contributed by atoms with Crippen molar-refractivity contribution in [1.82, 2.24) is 4.57 Å². The van der Waals surface area contributed by atoms with Crippen molar-refractivity contribution in [3.8, 4) is 0 Å². The number of imidazole rings is 1. The van der Waals surface area contributed by atoms with Crippen LogP contribution in [0.1, 0.15) is 19.8 Å². The summed E-state index contributed by atoms with van der Waals surface area (Å²) in [4.78, 5) is 0. The van der Waals surface area contributed by atoms with Crippen molar-refractivity contribution >= 4 is 0 Å². The quantitative estimate of drug-likeness (QED) is 0.494. The van der Waals surface area contributed by atoms with Crippen LogP contribution in [0.15, 0.2) is 18.7 Å². The van der Waals surface area contributed by atoms with Crippen molar-refractivity contribution < 1.29 is 9.67 Å². The molecule has 0 saturated heterocycles. The second kappa shape index (κ2) is 4.99. The van der Waals surface area contributed by atoms with Crippen molar-refractivity contribution in [3.63, 3.8) is 0 Å². The van der Waals surface area contributed by atoms with Gasteiger partial charge in [0, 0.05) is 0 Å². The van der Waals surface area contributed by atoms with E-state index in [1.54, 1.807) is 0 Å². The molecule has 1 aromatic heterocycles. The molecule has 4 nitrogen and oxygen atoms in total. The lowest BCUT2D eigenvalue weighted by Gasteiger charge is -1.98. The molecule has 0 saturated carbocycles. The van der Waals surface area contributed by atoms with Crippen LogP contribution in [0.2, 0.25) is 0 Å². The van der Waals surface area contributed by atoms with Crippen LogP contribution in [0.25, 0.3) is 0 Å². The highest BCUT2D eigenvalue weighted by atomic mass is 16.3. The van der Waals surface area contributed by atoms with Gasteiger partial charge in [-0.15, -0.1) is 0 Å². The van der Waals surface area contributed by atoms with Gasteiger partial charge < -0.3 is 10.8 Å². The van der Waals surface area contributed by atoms with Crippen molar-refractivity contribution in [2.75, 3.05) is 0 Å². The predicted molar refractivity (Wildman–Crippen MR) is 49.7 cm³/mol. The first-order chi connectivity index (χ1) is 6.22. The zero-order chi connectivity index (χ0) is 9.68. The van der Waals surface area contributed by atoms with Crippen molar-refractivity contribution in [2.24, 2.45) is 5.73 Å².